The third kappa shape index (κ3) is 3.33. The van der Waals surface area contributed by atoms with Gasteiger partial charge in [0, 0.05) is 17.6 Å². The number of aryl methyl sites for hydroxylation is 1. The van der Waals surface area contributed by atoms with Gasteiger partial charge in [0.1, 0.15) is 0 Å². The molecule has 0 saturated heterocycles. The Morgan fingerprint density at radius 1 is 1.27 bits per heavy atom. The molecule has 0 aliphatic heterocycles. The number of urea groups is 1. The van der Waals surface area contributed by atoms with Gasteiger partial charge >= 0.3 is 6.03 Å². The lowest BCUT2D eigenvalue weighted by atomic mass is 9.80. The highest BCUT2D eigenvalue weighted by molar-refractivity contribution is 7.08. The Balaban J connectivity index is 1.62. The van der Waals surface area contributed by atoms with Gasteiger partial charge in [-0.2, -0.15) is 11.3 Å². The summed E-state index contributed by atoms with van der Waals surface area (Å²) in [5, 5.41) is 10.4. The number of hydrogen-bond acceptors (Lipinski definition) is 2. The fourth-order valence-electron chi connectivity index (χ4n) is 3.33. The minimum atomic E-state index is -0.118. The average molecular weight is 314 g/mol. The first kappa shape index (κ1) is 15.1. The fourth-order valence-corrected chi connectivity index (χ4v) is 4.11. The van der Waals surface area contributed by atoms with Gasteiger partial charge in [-0.3, -0.25) is 0 Å². The summed E-state index contributed by atoms with van der Waals surface area (Å²) in [6.45, 7) is 2.73. The molecule has 1 fully saturated rings. The number of thiophene rings is 1. The number of carbonyl (C=O) groups is 1. The molecule has 0 radical (unpaired) electrons. The molecular weight excluding hydrogens is 292 g/mol. The van der Waals surface area contributed by atoms with Gasteiger partial charge in [0.05, 0.1) is 0 Å². The van der Waals surface area contributed by atoms with E-state index in [2.05, 4.69) is 27.5 Å². The Kier molecular flexibility index (Phi) is 4.48. The zero-order valence-corrected chi connectivity index (χ0v) is 13.7. The number of anilines is 1. The summed E-state index contributed by atoms with van der Waals surface area (Å²) >= 11 is 1.74. The molecule has 116 valence electrons. The van der Waals surface area contributed by atoms with E-state index in [1.54, 1.807) is 11.3 Å². The average Bonchev–Trinajstić information content (AvgIpc) is 3.17. The van der Waals surface area contributed by atoms with E-state index >= 15 is 0 Å². The summed E-state index contributed by atoms with van der Waals surface area (Å²) in [4.78, 5) is 12.2. The number of rotatable bonds is 4. The van der Waals surface area contributed by atoms with Crippen LogP contribution in [0.15, 0.2) is 41.1 Å². The molecule has 0 spiro atoms. The summed E-state index contributed by atoms with van der Waals surface area (Å²) in [5.41, 5.74) is 3.49. The second kappa shape index (κ2) is 6.53. The SMILES string of the molecule is Cc1cccc(NC(=O)NCC2(c3ccsc3)CCCC2)c1. The highest BCUT2D eigenvalue weighted by Gasteiger charge is 2.36. The van der Waals surface area contributed by atoms with Crippen LogP contribution >= 0.6 is 11.3 Å². The second-order valence-electron chi connectivity index (χ2n) is 6.18. The third-order valence-electron chi connectivity index (χ3n) is 4.56. The predicted octanol–water partition coefficient (Wildman–Crippen LogP) is 4.69. The number of hydrogen-bond donors (Lipinski definition) is 2. The van der Waals surface area contributed by atoms with Gasteiger partial charge < -0.3 is 10.6 Å². The van der Waals surface area contributed by atoms with Crippen LogP contribution in [0.5, 0.6) is 0 Å². The van der Waals surface area contributed by atoms with Gasteiger partial charge in [0.25, 0.3) is 0 Å². The van der Waals surface area contributed by atoms with Crippen molar-refractivity contribution >= 4 is 23.1 Å². The Labute approximate surface area is 135 Å². The van der Waals surface area contributed by atoms with Gasteiger partial charge in [-0.15, -0.1) is 0 Å². The van der Waals surface area contributed by atoms with Crippen molar-refractivity contribution in [2.24, 2.45) is 0 Å². The molecule has 2 amide bonds. The minimum Gasteiger partial charge on any atom is -0.337 e. The molecule has 0 atom stereocenters. The monoisotopic (exact) mass is 314 g/mol. The topological polar surface area (TPSA) is 41.1 Å². The molecule has 0 bridgehead atoms. The molecule has 2 aromatic rings. The molecule has 4 heteroatoms. The van der Waals surface area contributed by atoms with E-state index in [0.29, 0.717) is 6.54 Å². The predicted molar refractivity (Wildman–Crippen MR) is 92.7 cm³/mol. The highest BCUT2D eigenvalue weighted by atomic mass is 32.1. The van der Waals surface area contributed by atoms with Crippen molar-refractivity contribution in [1.29, 1.82) is 0 Å². The maximum Gasteiger partial charge on any atom is 0.319 e. The standard InChI is InChI=1S/C18H22N2OS/c1-14-5-4-6-16(11-14)20-17(21)19-13-18(8-2-3-9-18)15-7-10-22-12-15/h4-7,10-12H,2-3,8-9,13H2,1H3,(H2,19,20,21). The largest absolute Gasteiger partial charge is 0.337 e. The van der Waals surface area contributed by atoms with Crippen molar-refractivity contribution in [1.82, 2.24) is 5.32 Å². The molecule has 1 aromatic carbocycles. The molecule has 2 N–H and O–H groups in total. The van der Waals surface area contributed by atoms with Crippen molar-refractivity contribution in [2.45, 2.75) is 38.0 Å². The molecule has 1 heterocycles. The molecule has 1 saturated carbocycles. The van der Waals surface area contributed by atoms with E-state index in [0.717, 1.165) is 24.1 Å². The van der Waals surface area contributed by atoms with Gasteiger partial charge in [0.2, 0.25) is 0 Å². The van der Waals surface area contributed by atoms with E-state index in [-0.39, 0.29) is 11.4 Å². The quantitative estimate of drug-likeness (QED) is 0.844. The molecule has 3 nitrogen and oxygen atoms in total. The lowest BCUT2D eigenvalue weighted by molar-refractivity contribution is 0.248. The zero-order valence-electron chi connectivity index (χ0n) is 12.9. The Bertz CT molecular complexity index is 630. The Morgan fingerprint density at radius 2 is 2.09 bits per heavy atom. The Morgan fingerprint density at radius 3 is 2.77 bits per heavy atom. The van der Waals surface area contributed by atoms with Crippen molar-refractivity contribution in [3.05, 3.63) is 52.2 Å². The smallest absolute Gasteiger partial charge is 0.319 e. The first-order valence-corrected chi connectivity index (χ1v) is 8.76. The van der Waals surface area contributed by atoms with E-state index in [4.69, 9.17) is 0 Å². The third-order valence-corrected chi connectivity index (χ3v) is 5.24. The van der Waals surface area contributed by atoms with Crippen LogP contribution in [-0.4, -0.2) is 12.6 Å². The second-order valence-corrected chi connectivity index (χ2v) is 6.96. The maximum absolute atomic E-state index is 12.2. The Hall–Kier alpha value is -1.81. The molecule has 1 aliphatic carbocycles. The van der Waals surface area contributed by atoms with Gasteiger partial charge in [-0.1, -0.05) is 25.0 Å². The minimum absolute atomic E-state index is 0.118. The highest BCUT2D eigenvalue weighted by Crippen LogP contribution is 2.41. The molecule has 22 heavy (non-hydrogen) atoms. The lowest BCUT2D eigenvalue weighted by Gasteiger charge is -2.28. The van der Waals surface area contributed by atoms with Crippen molar-refractivity contribution in [3.8, 4) is 0 Å². The van der Waals surface area contributed by atoms with E-state index in [9.17, 15) is 4.79 Å². The molecule has 3 rings (SSSR count). The summed E-state index contributed by atoms with van der Waals surface area (Å²) < 4.78 is 0. The fraction of sp³-hybridized carbons (Fsp3) is 0.389. The van der Waals surface area contributed by atoms with Crippen LogP contribution in [-0.2, 0) is 5.41 Å². The first-order valence-electron chi connectivity index (χ1n) is 7.82. The number of carbonyl (C=O) groups excluding carboxylic acids is 1. The van der Waals surface area contributed by atoms with E-state index in [1.807, 2.05) is 31.2 Å². The number of nitrogens with one attached hydrogen (secondary N) is 2. The van der Waals surface area contributed by atoms with Crippen molar-refractivity contribution in [3.63, 3.8) is 0 Å². The molecule has 0 unspecified atom stereocenters. The van der Waals surface area contributed by atoms with E-state index < -0.39 is 0 Å². The lowest BCUT2D eigenvalue weighted by Crippen LogP contribution is -2.40. The van der Waals surface area contributed by atoms with Crippen LogP contribution in [0.3, 0.4) is 0 Å². The maximum atomic E-state index is 12.2. The van der Waals surface area contributed by atoms with Crippen LogP contribution in [0, 0.1) is 6.92 Å². The van der Waals surface area contributed by atoms with Gasteiger partial charge in [-0.05, 0) is 59.9 Å². The van der Waals surface area contributed by atoms with Crippen LogP contribution in [0.2, 0.25) is 0 Å². The summed E-state index contributed by atoms with van der Waals surface area (Å²) in [5.74, 6) is 0. The van der Waals surface area contributed by atoms with Crippen LogP contribution in [0.25, 0.3) is 0 Å². The summed E-state index contributed by atoms with van der Waals surface area (Å²) in [6, 6.07) is 9.95. The van der Waals surface area contributed by atoms with Crippen molar-refractivity contribution in [2.75, 3.05) is 11.9 Å². The first-order chi connectivity index (χ1) is 10.7. The molecule has 1 aromatic heterocycles. The summed E-state index contributed by atoms with van der Waals surface area (Å²) in [7, 11) is 0. The number of amides is 2. The van der Waals surface area contributed by atoms with Crippen molar-refractivity contribution < 1.29 is 4.79 Å². The van der Waals surface area contributed by atoms with E-state index in [1.165, 1.54) is 18.4 Å². The normalized spacial score (nSPS) is 16.4. The van der Waals surface area contributed by atoms with Crippen LogP contribution in [0.4, 0.5) is 10.5 Å². The summed E-state index contributed by atoms with van der Waals surface area (Å²) in [6.07, 6.45) is 4.82. The molecule has 1 aliphatic rings. The van der Waals surface area contributed by atoms with Gasteiger partial charge in [-0.25, -0.2) is 4.79 Å². The van der Waals surface area contributed by atoms with Crippen LogP contribution in [0.1, 0.15) is 36.8 Å². The zero-order chi connectivity index (χ0) is 15.4. The van der Waals surface area contributed by atoms with Gasteiger partial charge in [0.15, 0.2) is 0 Å². The number of benzene rings is 1. The van der Waals surface area contributed by atoms with Crippen LogP contribution < -0.4 is 10.6 Å². The molecular formula is C18H22N2OS.